The minimum Gasteiger partial charge on any atom is -0.484 e. The smallest absolute Gasteiger partial charge is 0.417 e. The molecule has 0 saturated carbocycles. The number of anilines is 1. The van der Waals surface area contributed by atoms with Gasteiger partial charge in [0.15, 0.2) is 12.3 Å². The summed E-state index contributed by atoms with van der Waals surface area (Å²) < 4.78 is 46.6. The number of aromatic nitrogens is 3. The highest BCUT2D eigenvalue weighted by molar-refractivity contribution is 5.90. The molecule has 0 bridgehead atoms. The number of nitrogens with zero attached hydrogens (tertiary/aromatic N) is 3. The van der Waals surface area contributed by atoms with E-state index in [0.29, 0.717) is 17.0 Å². The molecule has 2 heterocycles. The first-order valence-corrected chi connectivity index (χ1v) is 8.91. The molecule has 30 heavy (non-hydrogen) atoms. The fourth-order valence-electron chi connectivity index (χ4n) is 2.90. The van der Waals surface area contributed by atoms with Crippen molar-refractivity contribution in [3.8, 4) is 16.9 Å². The maximum Gasteiger partial charge on any atom is 0.417 e. The number of hydrogen-bond acceptors (Lipinski definition) is 4. The molecule has 2 aromatic carbocycles. The van der Waals surface area contributed by atoms with E-state index in [2.05, 4.69) is 15.4 Å². The number of pyridine rings is 1. The molecule has 0 saturated heterocycles. The Bertz CT molecular complexity index is 1190. The summed E-state index contributed by atoms with van der Waals surface area (Å²) in [5, 5.41) is 6.63. The lowest BCUT2D eigenvalue weighted by molar-refractivity contribution is -0.137. The second-order valence-corrected chi connectivity index (χ2v) is 6.35. The number of amides is 1. The van der Waals surface area contributed by atoms with Gasteiger partial charge in [-0.15, -0.1) is 5.10 Å². The molecule has 6 nitrogen and oxygen atoms in total. The predicted molar refractivity (Wildman–Crippen MR) is 104 cm³/mol. The highest BCUT2D eigenvalue weighted by Crippen LogP contribution is 2.36. The Kier molecular flexibility index (Phi) is 5.09. The van der Waals surface area contributed by atoms with Crippen molar-refractivity contribution in [2.24, 2.45) is 0 Å². The van der Waals surface area contributed by atoms with Gasteiger partial charge in [0.25, 0.3) is 5.91 Å². The Morgan fingerprint density at radius 2 is 1.73 bits per heavy atom. The highest BCUT2D eigenvalue weighted by Gasteiger charge is 2.33. The summed E-state index contributed by atoms with van der Waals surface area (Å²) >= 11 is 0. The van der Waals surface area contributed by atoms with Crippen LogP contribution in [0.1, 0.15) is 5.56 Å². The van der Waals surface area contributed by atoms with Gasteiger partial charge in [-0.2, -0.15) is 18.2 Å². The van der Waals surface area contributed by atoms with Crippen LogP contribution in [0.3, 0.4) is 0 Å². The summed E-state index contributed by atoms with van der Waals surface area (Å²) in [5.74, 6) is 0.110. The number of para-hydroxylation sites is 1. The minimum absolute atomic E-state index is 0.0259. The van der Waals surface area contributed by atoms with Gasteiger partial charge in [-0.25, -0.2) is 4.52 Å². The molecule has 9 heteroatoms. The molecule has 0 unspecified atom stereocenters. The third kappa shape index (κ3) is 4.24. The molecule has 1 N–H and O–H groups in total. The molecule has 4 aromatic rings. The van der Waals surface area contributed by atoms with Gasteiger partial charge in [-0.3, -0.25) is 10.1 Å². The van der Waals surface area contributed by atoms with Crippen LogP contribution in [0.4, 0.5) is 19.1 Å². The Hall–Kier alpha value is -3.88. The van der Waals surface area contributed by atoms with Crippen molar-refractivity contribution in [1.29, 1.82) is 0 Å². The Balaban J connectivity index is 1.53. The molecule has 0 aliphatic rings. The van der Waals surface area contributed by atoms with Crippen molar-refractivity contribution in [2.75, 3.05) is 11.9 Å². The zero-order chi connectivity index (χ0) is 21.1. The summed E-state index contributed by atoms with van der Waals surface area (Å²) in [6, 6.07) is 17.2. The molecule has 0 fully saturated rings. The van der Waals surface area contributed by atoms with Gasteiger partial charge in [0.2, 0.25) is 5.95 Å². The van der Waals surface area contributed by atoms with E-state index >= 15 is 0 Å². The molecule has 0 aliphatic heterocycles. The largest absolute Gasteiger partial charge is 0.484 e. The molecule has 152 valence electrons. The van der Waals surface area contributed by atoms with Crippen molar-refractivity contribution in [2.45, 2.75) is 6.18 Å². The Morgan fingerprint density at radius 1 is 1.00 bits per heavy atom. The van der Waals surface area contributed by atoms with E-state index in [1.165, 1.54) is 41.0 Å². The van der Waals surface area contributed by atoms with Crippen LogP contribution < -0.4 is 10.1 Å². The predicted octanol–water partition coefficient (Wildman–Crippen LogP) is 4.43. The van der Waals surface area contributed by atoms with E-state index < -0.39 is 17.6 Å². The molecule has 4 rings (SSSR count). The van der Waals surface area contributed by atoms with E-state index in [1.54, 1.807) is 24.3 Å². The van der Waals surface area contributed by atoms with Crippen molar-refractivity contribution >= 4 is 17.5 Å². The quantitative estimate of drug-likeness (QED) is 0.527. The van der Waals surface area contributed by atoms with Crippen LogP contribution in [0.2, 0.25) is 0 Å². The van der Waals surface area contributed by atoms with E-state index in [-0.39, 0.29) is 18.1 Å². The lowest BCUT2D eigenvalue weighted by Gasteiger charge is -2.12. The number of carbonyl (C=O) groups is 1. The van der Waals surface area contributed by atoms with E-state index in [4.69, 9.17) is 4.74 Å². The van der Waals surface area contributed by atoms with Crippen LogP contribution in [-0.2, 0) is 11.0 Å². The second kappa shape index (κ2) is 7.86. The van der Waals surface area contributed by atoms with Crippen LogP contribution in [-0.4, -0.2) is 27.1 Å². The standard InChI is InChI=1S/C21H15F3N4O2/c22-21(23,24)17-9-5-4-8-16(17)14-10-11-18-25-20(27-28(18)12-14)26-19(29)13-30-15-6-2-1-3-7-15/h1-12H,13H2,(H,26,27,29). The van der Waals surface area contributed by atoms with Crippen LogP contribution in [0.15, 0.2) is 72.9 Å². The Morgan fingerprint density at radius 3 is 2.50 bits per heavy atom. The van der Waals surface area contributed by atoms with Crippen LogP contribution >= 0.6 is 0 Å². The first kappa shape index (κ1) is 19.4. The SMILES string of the molecule is O=C(COc1ccccc1)Nc1nc2ccc(-c3ccccc3C(F)(F)F)cn2n1. The molecular formula is C21H15F3N4O2. The van der Waals surface area contributed by atoms with Crippen LogP contribution in [0, 0.1) is 0 Å². The molecule has 0 spiro atoms. The van der Waals surface area contributed by atoms with Gasteiger partial charge in [-0.05, 0) is 35.9 Å². The monoisotopic (exact) mass is 412 g/mol. The summed E-state index contributed by atoms with van der Waals surface area (Å²) in [6.07, 6.45) is -3.05. The maximum absolute atomic E-state index is 13.3. The van der Waals surface area contributed by atoms with Crippen molar-refractivity contribution in [3.05, 3.63) is 78.5 Å². The summed E-state index contributed by atoms with van der Waals surface area (Å²) in [6.45, 7) is -0.232. The van der Waals surface area contributed by atoms with Crippen molar-refractivity contribution < 1.29 is 22.7 Å². The normalized spacial score (nSPS) is 11.4. The van der Waals surface area contributed by atoms with E-state index in [9.17, 15) is 18.0 Å². The van der Waals surface area contributed by atoms with Gasteiger partial charge in [0.1, 0.15) is 5.75 Å². The summed E-state index contributed by atoms with van der Waals surface area (Å²) in [4.78, 5) is 16.2. The number of hydrogen-bond donors (Lipinski definition) is 1. The fourth-order valence-corrected chi connectivity index (χ4v) is 2.90. The average Bonchev–Trinajstić information content (AvgIpc) is 3.13. The summed E-state index contributed by atoms with van der Waals surface area (Å²) in [7, 11) is 0. The number of halogens is 3. The maximum atomic E-state index is 13.3. The van der Waals surface area contributed by atoms with Gasteiger partial charge in [0.05, 0.1) is 5.56 Å². The zero-order valence-corrected chi connectivity index (χ0v) is 15.4. The summed E-state index contributed by atoms with van der Waals surface area (Å²) in [5.41, 5.74) is -0.00608. The number of fused-ring (bicyclic) bond motifs is 1. The average molecular weight is 412 g/mol. The molecule has 0 radical (unpaired) electrons. The van der Waals surface area contributed by atoms with Gasteiger partial charge >= 0.3 is 6.18 Å². The molecule has 1 amide bonds. The van der Waals surface area contributed by atoms with Gasteiger partial charge < -0.3 is 4.74 Å². The number of carbonyl (C=O) groups excluding carboxylic acids is 1. The number of alkyl halides is 3. The lowest BCUT2D eigenvalue weighted by atomic mass is 10.0. The number of nitrogens with one attached hydrogen (secondary N) is 1. The fraction of sp³-hybridized carbons (Fsp3) is 0.0952. The topological polar surface area (TPSA) is 68.5 Å². The number of ether oxygens (including phenoxy) is 1. The van der Waals surface area contributed by atoms with Gasteiger partial charge in [-0.1, -0.05) is 36.4 Å². The minimum atomic E-state index is -4.48. The Labute approximate surface area is 168 Å². The van der Waals surface area contributed by atoms with Gasteiger partial charge in [0, 0.05) is 11.8 Å². The molecular weight excluding hydrogens is 397 g/mol. The van der Waals surface area contributed by atoms with Crippen molar-refractivity contribution in [1.82, 2.24) is 14.6 Å². The van der Waals surface area contributed by atoms with Crippen LogP contribution in [0.25, 0.3) is 16.8 Å². The van der Waals surface area contributed by atoms with Crippen molar-refractivity contribution in [3.63, 3.8) is 0 Å². The highest BCUT2D eigenvalue weighted by atomic mass is 19.4. The lowest BCUT2D eigenvalue weighted by Crippen LogP contribution is -2.20. The van der Waals surface area contributed by atoms with E-state index in [0.717, 1.165) is 6.07 Å². The zero-order valence-electron chi connectivity index (χ0n) is 15.4. The van der Waals surface area contributed by atoms with Crippen LogP contribution in [0.5, 0.6) is 5.75 Å². The number of benzene rings is 2. The first-order chi connectivity index (χ1) is 14.4. The third-order valence-corrected chi connectivity index (χ3v) is 4.24. The van der Waals surface area contributed by atoms with E-state index in [1.807, 2.05) is 6.07 Å². The molecule has 0 aliphatic carbocycles. The third-order valence-electron chi connectivity index (χ3n) is 4.24. The molecule has 2 aromatic heterocycles. The number of rotatable bonds is 5. The second-order valence-electron chi connectivity index (χ2n) is 6.35. The molecule has 0 atom stereocenters. The first-order valence-electron chi connectivity index (χ1n) is 8.91.